The number of anilines is 2. The van der Waals surface area contributed by atoms with E-state index in [2.05, 4.69) is 22.9 Å². The number of benzene rings is 2. The van der Waals surface area contributed by atoms with Gasteiger partial charge in [-0.25, -0.2) is 0 Å². The van der Waals surface area contributed by atoms with Gasteiger partial charge in [-0.05, 0) is 55.3 Å². The number of halogens is 1. The van der Waals surface area contributed by atoms with Crippen LogP contribution in [-0.4, -0.2) is 12.5 Å². The molecule has 0 unspecified atom stereocenters. The second-order valence-corrected chi connectivity index (χ2v) is 5.93. The second-order valence-electron chi connectivity index (χ2n) is 5.01. The molecule has 2 rings (SSSR count). The number of nitrogens with two attached hydrogens (primary N) is 1. The molecule has 0 aliphatic heterocycles. The van der Waals surface area contributed by atoms with Gasteiger partial charge in [0.05, 0.1) is 0 Å². The zero-order valence-electron chi connectivity index (χ0n) is 12.3. The van der Waals surface area contributed by atoms with Crippen LogP contribution in [0.1, 0.15) is 29.3 Å². The minimum Gasteiger partial charge on any atom is -0.399 e. The monoisotopic (exact) mass is 346 g/mol. The highest BCUT2D eigenvalue weighted by molar-refractivity contribution is 9.10. The lowest BCUT2D eigenvalue weighted by atomic mass is 10.1. The summed E-state index contributed by atoms with van der Waals surface area (Å²) in [6.45, 7) is 4.67. The fourth-order valence-corrected chi connectivity index (χ4v) is 2.75. The first-order valence-electron chi connectivity index (χ1n) is 6.96. The second kappa shape index (κ2) is 6.76. The molecule has 0 spiro atoms. The number of amides is 1. The number of hydrogen-bond acceptors (Lipinski definition) is 2. The van der Waals surface area contributed by atoms with Crippen molar-refractivity contribution < 1.29 is 4.79 Å². The maximum Gasteiger partial charge on any atom is 0.258 e. The Labute approximate surface area is 133 Å². The lowest BCUT2D eigenvalue weighted by Crippen LogP contribution is -2.32. The molecule has 0 fully saturated rings. The van der Waals surface area contributed by atoms with E-state index in [9.17, 15) is 4.79 Å². The lowest BCUT2D eigenvalue weighted by Gasteiger charge is -2.23. The van der Waals surface area contributed by atoms with E-state index >= 15 is 0 Å². The van der Waals surface area contributed by atoms with Gasteiger partial charge >= 0.3 is 0 Å². The molecular formula is C17H19BrN2O. The van der Waals surface area contributed by atoms with Crippen LogP contribution in [0.2, 0.25) is 0 Å². The van der Waals surface area contributed by atoms with E-state index in [-0.39, 0.29) is 5.91 Å². The van der Waals surface area contributed by atoms with Gasteiger partial charge in [-0.3, -0.25) is 4.79 Å². The Morgan fingerprint density at radius 3 is 2.62 bits per heavy atom. The molecule has 0 bridgehead atoms. The molecule has 110 valence electrons. The van der Waals surface area contributed by atoms with Gasteiger partial charge in [-0.15, -0.1) is 0 Å². The quantitative estimate of drug-likeness (QED) is 0.834. The molecule has 0 aliphatic carbocycles. The molecule has 0 atom stereocenters. The molecule has 21 heavy (non-hydrogen) atoms. The molecule has 1 amide bonds. The van der Waals surface area contributed by atoms with Crippen molar-refractivity contribution in [3.05, 3.63) is 58.1 Å². The SMILES string of the molecule is CCCN(C(=O)c1ccc(Br)cc1C)c1cccc(N)c1. The molecule has 2 aromatic rings. The Balaban J connectivity index is 2.40. The molecule has 0 aliphatic rings. The highest BCUT2D eigenvalue weighted by atomic mass is 79.9. The van der Waals surface area contributed by atoms with Crippen LogP contribution in [0.3, 0.4) is 0 Å². The lowest BCUT2D eigenvalue weighted by molar-refractivity contribution is 0.0986. The van der Waals surface area contributed by atoms with Crippen molar-refractivity contribution in [2.75, 3.05) is 17.2 Å². The summed E-state index contributed by atoms with van der Waals surface area (Å²) in [5, 5.41) is 0. The zero-order valence-corrected chi connectivity index (χ0v) is 13.9. The van der Waals surface area contributed by atoms with Gasteiger partial charge in [0.1, 0.15) is 0 Å². The van der Waals surface area contributed by atoms with Crippen LogP contribution in [-0.2, 0) is 0 Å². The summed E-state index contributed by atoms with van der Waals surface area (Å²) >= 11 is 3.43. The Kier molecular flexibility index (Phi) is 5.02. The van der Waals surface area contributed by atoms with E-state index in [4.69, 9.17) is 5.73 Å². The topological polar surface area (TPSA) is 46.3 Å². The van der Waals surface area contributed by atoms with Gasteiger partial charge < -0.3 is 10.6 Å². The first-order chi connectivity index (χ1) is 10.0. The molecule has 0 saturated heterocycles. The Hall–Kier alpha value is -1.81. The van der Waals surface area contributed by atoms with Crippen molar-refractivity contribution in [1.29, 1.82) is 0 Å². The molecule has 0 aromatic heterocycles. The maximum atomic E-state index is 12.8. The van der Waals surface area contributed by atoms with Gasteiger partial charge in [0.2, 0.25) is 0 Å². The van der Waals surface area contributed by atoms with Gasteiger partial charge in [-0.1, -0.05) is 28.9 Å². The molecule has 4 heteroatoms. The Bertz CT molecular complexity index is 655. The van der Waals surface area contributed by atoms with E-state index < -0.39 is 0 Å². The number of rotatable bonds is 4. The molecule has 0 heterocycles. The van der Waals surface area contributed by atoms with Crippen molar-refractivity contribution in [3.63, 3.8) is 0 Å². The Morgan fingerprint density at radius 1 is 1.24 bits per heavy atom. The molecule has 2 N–H and O–H groups in total. The molecule has 2 aromatic carbocycles. The largest absolute Gasteiger partial charge is 0.399 e. The molecule has 0 radical (unpaired) electrons. The van der Waals surface area contributed by atoms with E-state index in [1.807, 2.05) is 49.4 Å². The van der Waals surface area contributed by atoms with Crippen LogP contribution in [0.25, 0.3) is 0 Å². The van der Waals surface area contributed by atoms with Crippen LogP contribution in [0.4, 0.5) is 11.4 Å². The number of hydrogen-bond donors (Lipinski definition) is 1. The number of nitrogen functional groups attached to an aromatic ring is 1. The first kappa shape index (κ1) is 15.6. The van der Waals surface area contributed by atoms with Crippen LogP contribution in [0.5, 0.6) is 0 Å². The van der Waals surface area contributed by atoms with Gasteiger partial charge in [0, 0.05) is 28.0 Å². The van der Waals surface area contributed by atoms with Crippen LogP contribution in [0.15, 0.2) is 46.9 Å². The van der Waals surface area contributed by atoms with Crippen molar-refractivity contribution in [2.45, 2.75) is 20.3 Å². The fraction of sp³-hybridized carbons (Fsp3) is 0.235. The van der Waals surface area contributed by atoms with Gasteiger partial charge in [0.15, 0.2) is 0 Å². The van der Waals surface area contributed by atoms with E-state index in [0.717, 1.165) is 22.1 Å². The van der Waals surface area contributed by atoms with E-state index in [1.54, 1.807) is 4.90 Å². The smallest absolute Gasteiger partial charge is 0.258 e. The minimum atomic E-state index is 0.00690. The van der Waals surface area contributed by atoms with Crippen molar-refractivity contribution in [2.24, 2.45) is 0 Å². The highest BCUT2D eigenvalue weighted by Gasteiger charge is 2.18. The van der Waals surface area contributed by atoms with Crippen LogP contribution in [0, 0.1) is 6.92 Å². The van der Waals surface area contributed by atoms with Gasteiger partial charge in [0.25, 0.3) is 5.91 Å². The molecule has 0 saturated carbocycles. The third kappa shape index (κ3) is 3.64. The van der Waals surface area contributed by atoms with Crippen molar-refractivity contribution in [1.82, 2.24) is 0 Å². The summed E-state index contributed by atoms with van der Waals surface area (Å²) in [4.78, 5) is 14.6. The average molecular weight is 347 g/mol. The molecule has 3 nitrogen and oxygen atoms in total. The summed E-state index contributed by atoms with van der Waals surface area (Å²) in [6.07, 6.45) is 0.885. The Morgan fingerprint density at radius 2 is 2.00 bits per heavy atom. The van der Waals surface area contributed by atoms with E-state index in [0.29, 0.717) is 17.8 Å². The van der Waals surface area contributed by atoms with Gasteiger partial charge in [-0.2, -0.15) is 0 Å². The zero-order chi connectivity index (χ0) is 15.4. The predicted octanol–water partition coefficient (Wildman–Crippen LogP) is 4.40. The molecular weight excluding hydrogens is 328 g/mol. The summed E-state index contributed by atoms with van der Waals surface area (Å²) in [5.74, 6) is 0.00690. The highest BCUT2D eigenvalue weighted by Crippen LogP contribution is 2.23. The summed E-state index contributed by atoms with van der Waals surface area (Å²) in [6, 6.07) is 13.1. The standard InChI is InChI=1S/C17H19BrN2O/c1-3-9-20(15-6-4-5-14(19)11-15)17(21)16-8-7-13(18)10-12(16)2/h4-8,10-11H,3,9,19H2,1-2H3. The third-order valence-corrected chi connectivity index (χ3v) is 3.79. The summed E-state index contributed by atoms with van der Waals surface area (Å²) in [7, 11) is 0. The predicted molar refractivity (Wildman–Crippen MR) is 91.7 cm³/mol. The van der Waals surface area contributed by atoms with Crippen molar-refractivity contribution in [3.8, 4) is 0 Å². The average Bonchev–Trinajstić information content (AvgIpc) is 2.44. The summed E-state index contributed by atoms with van der Waals surface area (Å²) < 4.78 is 0.975. The number of nitrogens with zero attached hydrogens (tertiary/aromatic N) is 1. The fourth-order valence-electron chi connectivity index (χ4n) is 2.28. The third-order valence-electron chi connectivity index (χ3n) is 3.29. The minimum absolute atomic E-state index is 0.00690. The van der Waals surface area contributed by atoms with Crippen LogP contribution >= 0.6 is 15.9 Å². The summed E-state index contributed by atoms with van der Waals surface area (Å²) in [5.41, 5.74) is 9.01. The first-order valence-corrected chi connectivity index (χ1v) is 7.75. The van der Waals surface area contributed by atoms with Crippen molar-refractivity contribution >= 4 is 33.2 Å². The maximum absolute atomic E-state index is 12.8. The van der Waals surface area contributed by atoms with E-state index in [1.165, 1.54) is 0 Å². The van der Waals surface area contributed by atoms with Crippen LogP contribution < -0.4 is 10.6 Å². The number of carbonyl (C=O) groups is 1. The number of carbonyl (C=O) groups excluding carboxylic acids is 1. The normalized spacial score (nSPS) is 10.4. The number of aryl methyl sites for hydroxylation is 1.